The zero-order valence-corrected chi connectivity index (χ0v) is 20.1. The fourth-order valence-corrected chi connectivity index (χ4v) is 5.36. The number of Topliss-reactive ketones (excluding diaryl/α,β-unsaturated/α-hetero) is 1. The Hall–Kier alpha value is -2.42. The monoisotopic (exact) mass is 491 g/mol. The molecule has 0 radical (unpaired) electrons. The fourth-order valence-electron chi connectivity index (χ4n) is 5.05. The first-order chi connectivity index (χ1) is 15.7. The summed E-state index contributed by atoms with van der Waals surface area (Å²) < 4.78 is 0. The molecule has 1 aromatic carbocycles. The average Bonchev–Trinajstić information content (AvgIpc) is 3.26. The van der Waals surface area contributed by atoms with E-state index in [1.807, 2.05) is 25.1 Å². The Bertz CT molecular complexity index is 1040. The van der Waals surface area contributed by atoms with Crippen LogP contribution in [0.5, 0.6) is 0 Å². The third kappa shape index (κ3) is 4.39. The Balaban J connectivity index is 1.60. The fraction of sp³-hybridized carbons (Fsp3) is 0.478. The van der Waals surface area contributed by atoms with Gasteiger partial charge in [-0.3, -0.25) is 9.69 Å². The molecule has 0 bridgehead atoms. The number of amides is 1. The molecule has 3 heterocycles. The van der Waals surface area contributed by atoms with Crippen molar-refractivity contribution in [3.05, 3.63) is 51.6 Å². The van der Waals surface area contributed by atoms with Crippen molar-refractivity contribution in [1.82, 2.24) is 20.4 Å². The number of nitrogens with one attached hydrogen (secondary N) is 1. The van der Waals surface area contributed by atoms with Gasteiger partial charge in [0.15, 0.2) is 11.6 Å². The number of piperidine rings is 1. The lowest BCUT2D eigenvalue weighted by molar-refractivity contribution is -0.134. The topological polar surface area (TPSA) is 98.7 Å². The van der Waals surface area contributed by atoms with Crippen LogP contribution < -0.4 is 10.2 Å². The molecule has 176 valence electrons. The molecular formula is C23H27Cl2N5O3. The lowest BCUT2D eigenvalue weighted by Crippen LogP contribution is -2.61. The predicted molar refractivity (Wildman–Crippen MR) is 127 cm³/mol. The highest BCUT2D eigenvalue weighted by Crippen LogP contribution is 2.42. The van der Waals surface area contributed by atoms with Crippen LogP contribution in [0.4, 0.5) is 10.6 Å². The summed E-state index contributed by atoms with van der Waals surface area (Å²) in [6.07, 6.45) is 0.111. The molecule has 1 aromatic heterocycles. The van der Waals surface area contributed by atoms with Crippen molar-refractivity contribution in [2.75, 3.05) is 38.1 Å². The van der Waals surface area contributed by atoms with Gasteiger partial charge in [-0.15, -0.1) is 5.10 Å². The number of hydrogen-bond donors (Lipinski definition) is 2. The summed E-state index contributed by atoms with van der Waals surface area (Å²) in [6, 6.07) is 9.10. The normalized spacial score (nSPS) is 23.5. The SMILES string of the molecule is Cc1ccc(N2CCC(C(=O)[C@@]3(N(C)C(=O)O)CNC[C@H]3c3ccc(Cl)c(Cl)c3)CC2)nn1. The number of carbonyl (C=O) groups is 2. The number of benzene rings is 1. The molecule has 2 saturated heterocycles. The molecule has 1 amide bonds. The molecule has 4 rings (SSSR count). The number of hydrogen-bond acceptors (Lipinski definition) is 6. The van der Waals surface area contributed by atoms with Crippen molar-refractivity contribution < 1.29 is 14.7 Å². The molecule has 8 nitrogen and oxygen atoms in total. The Morgan fingerprint density at radius 2 is 1.88 bits per heavy atom. The summed E-state index contributed by atoms with van der Waals surface area (Å²) in [7, 11) is 1.48. The van der Waals surface area contributed by atoms with E-state index in [1.165, 1.54) is 11.9 Å². The van der Waals surface area contributed by atoms with Gasteiger partial charge in [0.1, 0.15) is 5.54 Å². The molecule has 2 aliphatic heterocycles. The van der Waals surface area contributed by atoms with E-state index in [0.717, 1.165) is 17.1 Å². The largest absolute Gasteiger partial charge is 0.465 e. The summed E-state index contributed by atoms with van der Waals surface area (Å²) >= 11 is 12.4. The van der Waals surface area contributed by atoms with Crippen LogP contribution in [0.25, 0.3) is 0 Å². The number of likely N-dealkylation sites (N-methyl/N-ethyl adjacent to an activating group) is 1. The zero-order valence-electron chi connectivity index (χ0n) is 18.6. The van der Waals surface area contributed by atoms with Gasteiger partial charge < -0.3 is 15.3 Å². The van der Waals surface area contributed by atoms with Crippen molar-refractivity contribution in [3.63, 3.8) is 0 Å². The van der Waals surface area contributed by atoms with Gasteiger partial charge in [0.2, 0.25) is 0 Å². The highest BCUT2D eigenvalue weighted by atomic mass is 35.5. The lowest BCUT2D eigenvalue weighted by atomic mass is 9.72. The van der Waals surface area contributed by atoms with Gasteiger partial charge in [-0.25, -0.2) is 4.79 Å². The Morgan fingerprint density at radius 3 is 2.48 bits per heavy atom. The molecule has 0 spiro atoms. The van der Waals surface area contributed by atoms with E-state index in [2.05, 4.69) is 20.4 Å². The molecule has 33 heavy (non-hydrogen) atoms. The molecule has 0 aliphatic carbocycles. The van der Waals surface area contributed by atoms with Crippen LogP contribution in [0.3, 0.4) is 0 Å². The van der Waals surface area contributed by atoms with Crippen LogP contribution in [0.2, 0.25) is 10.0 Å². The Morgan fingerprint density at radius 1 is 1.15 bits per heavy atom. The van der Waals surface area contributed by atoms with Gasteiger partial charge in [-0.2, -0.15) is 5.10 Å². The van der Waals surface area contributed by atoms with E-state index in [-0.39, 0.29) is 24.2 Å². The maximum Gasteiger partial charge on any atom is 0.407 e. The van der Waals surface area contributed by atoms with Gasteiger partial charge >= 0.3 is 6.09 Å². The maximum absolute atomic E-state index is 14.0. The third-order valence-electron chi connectivity index (χ3n) is 6.95. The number of aryl methyl sites for hydroxylation is 1. The average molecular weight is 492 g/mol. The molecule has 2 N–H and O–H groups in total. The van der Waals surface area contributed by atoms with Crippen molar-refractivity contribution in [2.24, 2.45) is 5.92 Å². The molecule has 2 fully saturated rings. The summed E-state index contributed by atoms with van der Waals surface area (Å²) in [6.45, 7) is 3.93. The van der Waals surface area contributed by atoms with Crippen molar-refractivity contribution in [1.29, 1.82) is 0 Å². The van der Waals surface area contributed by atoms with E-state index >= 15 is 0 Å². The predicted octanol–water partition coefficient (Wildman–Crippen LogP) is 3.61. The first-order valence-electron chi connectivity index (χ1n) is 11.0. The van der Waals surface area contributed by atoms with Crippen molar-refractivity contribution in [3.8, 4) is 0 Å². The van der Waals surface area contributed by atoms with Crippen molar-refractivity contribution >= 4 is 40.9 Å². The minimum atomic E-state index is -1.22. The number of aromatic nitrogens is 2. The number of anilines is 1. The van der Waals surface area contributed by atoms with Gasteiger partial charge in [-0.1, -0.05) is 29.3 Å². The Kier molecular flexibility index (Phi) is 6.79. The van der Waals surface area contributed by atoms with E-state index in [0.29, 0.717) is 42.5 Å². The smallest absolute Gasteiger partial charge is 0.407 e. The second kappa shape index (κ2) is 9.44. The van der Waals surface area contributed by atoms with Gasteiger partial charge in [0.05, 0.1) is 15.7 Å². The van der Waals surface area contributed by atoms with Crippen LogP contribution in [-0.2, 0) is 4.79 Å². The van der Waals surface area contributed by atoms with Crippen LogP contribution in [0.15, 0.2) is 30.3 Å². The molecule has 0 unspecified atom stereocenters. The van der Waals surface area contributed by atoms with Crippen LogP contribution in [-0.4, -0.2) is 70.8 Å². The van der Waals surface area contributed by atoms with Gasteiger partial charge in [0, 0.05) is 45.1 Å². The van der Waals surface area contributed by atoms with E-state index in [9.17, 15) is 14.7 Å². The van der Waals surface area contributed by atoms with E-state index in [1.54, 1.807) is 12.1 Å². The minimum Gasteiger partial charge on any atom is -0.465 e. The van der Waals surface area contributed by atoms with Crippen LogP contribution >= 0.6 is 23.2 Å². The maximum atomic E-state index is 14.0. The first-order valence-corrected chi connectivity index (χ1v) is 11.7. The number of rotatable bonds is 5. The molecule has 10 heteroatoms. The summed E-state index contributed by atoms with van der Waals surface area (Å²) in [5.74, 6) is 0.108. The quantitative estimate of drug-likeness (QED) is 0.658. The third-order valence-corrected chi connectivity index (χ3v) is 7.69. The molecule has 2 atom stereocenters. The highest BCUT2D eigenvalue weighted by molar-refractivity contribution is 6.42. The second-order valence-corrected chi connectivity index (χ2v) is 9.60. The van der Waals surface area contributed by atoms with Gasteiger partial charge in [0.25, 0.3) is 0 Å². The number of carboxylic acid groups (broad SMARTS) is 1. The van der Waals surface area contributed by atoms with Crippen LogP contribution in [0, 0.1) is 12.8 Å². The van der Waals surface area contributed by atoms with Crippen molar-refractivity contribution in [2.45, 2.75) is 31.2 Å². The number of nitrogens with zero attached hydrogens (tertiary/aromatic N) is 4. The van der Waals surface area contributed by atoms with E-state index < -0.39 is 11.6 Å². The molecule has 2 aromatic rings. The molecule has 2 aliphatic rings. The molecule has 0 saturated carbocycles. The van der Waals surface area contributed by atoms with Crippen LogP contribution in [0.1, 0.15) is 30.0 Å². The standard InChI is InChI=1S/C23H27Cl2N5O3/c1-14-3-6-20(28-27-14)30-9-7-15(8-10-30)21(31)23(29(2)22(32)33)13-26-12-17(23)16-4-5-18(24)19(25)11-16/h3-6,11,15,17,26H,7-10,12-13H2,1-2H3,(H,32,33)/t17-,23+/m0/s1. The number of ketones is 1. The number of carbonyl (C=O) groups excluding carboxylic acids is 1. The summed E-state index contributed by atoms with van der Waals surface area (Å²) in [4.78, 5) is 29.5. The van der Waals surface area contributed by atoms with Gasteiger partial charge in [-0.05, 0) is 49.6 Å². The summed E-state index contributed by atoms with van der Waals surface area (Å²) in [5, 5.41) is 22.3. The minimum absolute atomic E-state index is 0.0527. The zero-order chi connectivity index (χ0) is 23.8. The number of halogens is 2. The highest BCUT2D eigenvalue weighted by Gasteiger charge is 2.56. The Labute approximate surface area is 202 Å². The lowest BCUT2D eigenvalue weighted by Gasteiger charge is -2.43. The summed E-state index contributed by atoms with van der Waals surface area (Å²) in [5.41, 5.74) is 0.423. The molecular weight excluding hydrogens is 465 g/mol. The first kappa shape index (κ1) is 23.7. The second-order valence-electron chi connectivity index (χ2n) is 8.78. The van der Waals surface area contributed by atoms with E-state index in [4.69, 9.17) is 23.2 Å².